The molecule has 0 amide bonds. The van der Waals surface area contributed by atoms with E-state index in [2.05, 4.69) is 29.4 Å². The van der Waals surface area contributed by atoms with Gasteiger partial charge in [0.05, 0.1) is 0 Å². The van der Waals surface area contributed by atoms with Crippen LogP contribution in [-0.2, 0) is 0 Å². The highest BCUT2D eigenvalue weighted by atomic mass is 79.9. The van der Waals surface area contributed by atoms with E-state index in [9.17, 15) is 0 Å². The molecule has 1 aliphatic carbocycles. The Morgan fingerprint density at radius 3 is 2.64 bits per heavy atom. The molecule has 0 saturated heterocycles. The first-order valence-electron chi connectivity index (χ1n) is 4.39. The van der Waals surface area contributed by atoms with Crippen molar-refractivity contribution >= 4 is 15.9 Å². The Balaban J connectivity index is 2.31. The van der Waals surface area contributed by atoms with Gasteiger partial charge >= 0.3 is 0 Å². The SMILES string of the molecule is C=CCCC1(CBr)CC(C)C1. The first-order chi connectivity index (χ1) is 5.22. The molecule has 0 spiro atoms. The highest BCUT2D eigenvalue weighted by molar-refractivity contribution is 9.09. The van der Waals surface area contributed by atoms with Crippen LogP contribution in [0.4, 0.5) is 0 Å². The molecule has 0 unspecified atom stereocenters. The van der Waals surface area contributed by atoms with Gasteiger partial charge in [0, 0.05) is 5.33 Å². The summed E-state index contributed by atoms with van der Waals surface area (Å²) in [4.78, 5) is 0. The van der Waals surface area contributed by atoms with Crippen molar-refractivity contribution in [2.24, 2.45) is 11.3 Å². The number of hydrogen-bond donors (Lipinski definition) is 0. The Morgan fingerprint density at radius 2 is 2.27 bits per heavy atom. The molecule has 1 rings (SSSR count). The van der Waals surface area contributed by atoms with E-state index < -0.39 is 0 Å². The molecule has 0 radical (unpaired) electrons. The van der Waals surface area contributed by atoms with Crippen LogP contribution in [0.1, 0.15) is 32.6 Å². The summed E-state index contributed by atoms with van der Waals surface area (Å²) in [6.45, 7) is 6.10. The van der Waals surface area contributed by atoms with Crippen molar-refractivity contribution in [1.82, 2.24) is 0 Å². The van der Waals surface area contributed by atoms with Crippen LogP contribution in [0, 0.1) is 11.3 Å². The zero-order valence-corrected chi connectivity index (χ0v) is 8.86. The third kappa shape index (κ3) is 2.08. The lowest BCUT2D eigenvalue weighted by atomic mass is 9.62. The Bertz CT molecular complexity index is 134. The summed E-state index contributed by atoms with van der Waals surface area (Å²) >= 11 is 3.61. The molecule has 0 aromatic rings. The predicted octanol–water partition coefficient (Wildman–Crippen LogP) is 3.76. The van der Waals surface area contributed by atoms with Crippen LogP contribution in [0.15, 0.2) is 12.7 Å². The van der Waals surface area contributed by atoms with E-state index in [0.29, 0.717) is 5.41 Å². The van der Waals surface area contributed by atoms with Crippen LogP contribution < -0.4 is 0 Å². The summed E-state index contributed by atoms with van der Waals surface area (Å²) in [7, 11) is 0. The van der Waals surface area contributed by atoms with Crippen molar-refractivity contribution in [2.45, 2.75) is 32.6 Å². The van der Waals surface area contributed by atoms with Crippen molar-refractivity contribution in [3.63, 3.8) is 0 Å². The van der Waals surface area contributed by atoms with Crippen LogP contribution in [-0.4, -0.2) is 5.33 Å². The van der Waals surface area contributed by atoms with Gasteiger partial charge in [-0.15, -0.1) is 6.58 Å². The van der Waals surface area contributed by atoms with Gasteiger partial charge in [-0.05, 0) is 37.0 Å². The third-order valence-electron chi connectivity index (χ3n) is 2.73. The van der Waals surface area contributed by atoms with E-state index in [0.717, 1.165) is 5.92 Å². The first kappa shape index (κ1) is 9.31. The molecule has 0 heterocycles. The van der Waals surface area contributed by atoms with Crippen molar-refractivity contribution in [3.05, 3.63) is 12.7 Å². The molecule has 0 atom stereocenters. The van der Waals surface area contributed by atoms with Crippen LogP contribution in [0.2, 0.25) is 0 Å². The maximum Gasteiger partial charge on any atom is 0.00882 e. The lowest BCUT2D eigenvalue weighted by molar-refractivity contribution is 0.0857. The van der Waals surface area contributed by atoms with Crippen molar-refractivity contribution in [2.75, 3.05) is 5.33 Å². The zero-order valence-electron chi connectivity index (χ0n) is 7.28. The van der Waals surface area contributed by atoms with Crippen molar-refractivity contribution in [1.29, 1.82) is 0 Å². The van der Waals surface area contributed by atoms with Gasteiger partial charge in [-0.2, -0.15) is 0 Å². The highest BCUT2D eigenvalue weighted by Gasteiger charge is 2.39. The zero-order chi connectivity index (χ0) is 8.32. The Morgan fingerprint density at radius 1 is 1.64 bits per heavy atom. The monoisotopic (exact) mass is 216 g/mol. The van der Waals surface area contributed by atoms with Gasteiger partial charge in [0.2, 0.25) is 0 Å². The smallest absolute Gasteiger partial charge is 0.00882 e. The number of allylic oxidation sites excluding steroid dienone is 1. The van der Waals surface area contributed by atoms with E-state index in [1.54, 1.807) is 0 Å². The van der Waals surface area contributed by atoms with E-state index >= 15 is 0 Å². The fourth-order valence-electron chi connectivity index (χ4n) is 2.21. The van der Waals surface area contributed by atoms with Gasteiger partial charge in [0.25, 0.3) is 0 Å². The van der Waals surface area contributed by atoms with Gasteiger partial charge in [-0.25, -0.2) is 0 Å². The van der Waals surface area contributed by atoms with Crippen molar-refractivity contribution in [3.8, 4) is 0 Å². The quantitative estimate of drug-likeness (QED) is 0.496. The molecule has 0 aromatic carbocycles. The molecule has 1 saturated carbocycles. The molecular formula is C10H17Br. The number of hydrogen-bond acceptors (Lipinski definition) is 0. The summed E-state index contributed by atoms with van der Waals surface area (Å²) in [6.07, 6.45) is 7.36. The first-order valence-corrected chi connectivity index (χ1v) is 5.51. The summed E-state index contributed by atoms with van der Waals surface area (Å²) in [5.41, 5.74) is 0.633. The van der Waals surface area contributed by atoms with E-state index in [4.69, 9.17) is 0 Å². The van der Waals surface area contributed by atoms with Gasteiger partial charge in [-0.1, -0.05) is 28.9 Å². The minimum absolute atomic E-state index is 0.633. The standard InChI is InChI=1S/C10H17Br/c1-3-4-5-10(8-11)6-9(2)7-10/h3,9H,1,4-8H2,2H3. The van der Waals surface area contributed by atoms with Crippen LogP contribution in [0.5, 0.6) is 0 Å². The van der Waals surface area contributed by atoms with Gasteiger partial charge < -0.3 is 0 Å². The summed E-state index contributed by atoms with van der Waals surface area (Å²) < 4.78 is 0. The van der Waals surface area contributed by atoms with Gasteiger partial charge in [-0.3, -0.25) is 0 Å². The third-order valence-corrected chi connectivity index (χ3v) is 3.91. The molecule has 1 aliphatic rings. The highest BCUT2D eigenvalue weighted by Crippen LogP contribution is 2.49. The summed E-state index contributed by atoms with van der Waals surface area (Å²) in [6, 6.07) is 0. The molecule has 1 heteroatoms. The maximum absolute atomic E-state index is 3.76. The maximum atomic E-state index is 3.76. The molecule has 64 valence electrons. The number of alkyl halides is 1. The minimum atomic E-state index is 0.633. The molecule has 11 heavy (non-hydrogen) atoms. The average molecular weight is 217 g/mol. The van der Waals surface area contributed by atoms with Crippen LogP contribution >= 0.6 is 15.9 Å². The second kappa shape index (κ2) is 3.75. The topological polar surface area (TPSA) is 0 Å². The van der Waals surface area contributed by atoms with Gasteiger partial charge in [0.15, 0.2) is 0 Å². The number of rotatable bonds is 4. The van der Waals surface area contributed by atoms with Gasteiger partial charge in [0.1, 0.15) is 0 Å². The molecular weight excluding hydrogens is 200 g/mol. The largest absolute Gasteiger partial charge is 0.103 e. The van der Waals surface area contributed by atoms with Crippen LogP contribution in [0.3, 0.4) is 0 Å². The Kier molecular flexibility index (Phi) is 3.17. The van der Waals surface area contributed by atoms with Crippen LogP contribution in [0.25, 0.3) is 0 Å². The van der Waals surface area contributed by atoms with Crippen molar-refractivity contribution < 1.29 is 0 Å². The average Bonchev–Trinajstić information content (AvgIpc) is 1.96. The summed E-state index contributed by atoms with van der Waals surface area (Å²) in [5.74, 6) is 0.956. The second-order valence-corrected chi connectivity index (χ2v) is 4.54. The molecule has 0 nitrogen and oxygen atoms in total. The molecule has 1 fully saturated rings. The molecule has 0 aliphatic heterocycles. The normalized spacial score (nSPS) is 36.4. The minimum Gasteiger partial charge on any atom is -0.103 e. The Hall–Kier alpha value is 0.220. The fraction of sp³-hybridized carbons (Fsp3) is 0.800. The van der Waals surface area contributed by atoms with E-state index in [1.807, 2.05) is 6.08 Å². The summed E-state index contributed by atoms with van der Waals surface area (Å²) in [5, 5.41) is 1.18. The van der Waals surface area contributed by atoms with E-state index in [1.165, 1.54) is 31.0 Å². The Labute approximate surface area is 78.2 Å². The second-order valence-electron chi connectivity index (χ2n) is 3.97. The lowest BCUT2D eigenvalue weighted by Crippen LogP contribution is -2.37. The predicted molar refractivity (Wildman–Crippen MR) is 54.1 cm³/mol. The molecule has 0 aromatic heterocycles. The van der Waals surface area contributed by atoms with E-state index in [-0.39, 0.29) is 0 Å². The lowest BCUT2D eigenvalue weighted by Gasteiger charge is -2.45. The number of halogens is 1. The molecule has 0 bridgehead atoms. The molecule has 0 N–H and O–H groups in total. The fourth-order valence-corrected chi connectivity index (χ4v) is 2.95.